The molecule has 1 aromatic rings. The SMILES string of the molecule is COCC1(CNC(=O)c2cccc(NC(=O)C3CC3)c2)CCNCC1. The van der Waals surface area contributed by atoms with E-state index in [-0.39, 0.29) is 23.1 Å². The molecule has 1 saturated carbocycles. The lowest BCUT2D eigenvalue weighted by molar-refractivity contribution is -0.117. The van der Waals surface area contributed by atoms with Crippen molar-refractivity contribution in [2.75, 3.05) is 38.7 Å². The second kappa shape index (κ2) is 7.97. The summed E-state index contributed by atoms with van der Waals surface area (Å²) in [6, 6.07) is 7.12. The van der Waals surface area contributed by atoms with Crippen LogP contribution in [0.15, 0.2) is 24.3 Å². The van der Waals surface area contributed by atoms with Gasteiger partial charge in [0.15, 0.2) is 0 Å². The smallest absolute Gasteiger partial charge is 0.251 e. The molecule has 0 spiro atoms. The van der Waals surface area contributed by atoms with E-state index in [9.17, 15) is 9.59 Å². The summed E-state index contributed by atoms with van der Waals surface area (Å²) in [6.45, 7) is 3.14. The third kappa shape index (κ3) is 4.80. The van der Waals surface area contributed by atoms with Crippen molar-refractivity contribution in [3.05, 3.63) is 29.8 Å². The summed E-state index contributed by atoms with van der Waals surface area (Å²) >= 11 is 0. The summed E-state index contributed by atoms with van der Waals surface area (Å²) < 4.78 is 5.39. The molecule has 0 bridgehead atoms. The molecule has 6 nitrogen and oxygen atoms in total. The first kappa shape index (κ1) is 17.9. The van der Waals surface area contributed by atoms with Crippen LogP contribution in [-0.4, -0.2) is 45.2 Å². The second-order valence-electron chi connectivity index (χ2n) is 7.21. The number of anilines is 1. The van der Waals surface area contributed by atoms with Gasteiger partial charge in [-0.1, -0.05) is 6.07 Å². The molecule has 1 saturated heterocycles. The Labute approximate surface area is 148 Å². The van der Waals surface area contributed by atoms with Gasteiger partial charge in [-0.25, -0.2) is 0 Å². The quantitative estimate of drug-likeness (QED) is 0.704. The predicted octanol–water partition coefficient (Wildman–Crippen LogP) is 1.78. The Morgan fingerprint density at radius 3 is 2.72 bits per heavy atom. The van der Waals surface area contributed by atoms with E-state index in [1.54, 1.807) is 25.3 Å². The summed E-state index contributed by atoms with van der Waals surface area (Å²) in [4.78, 5) is 24.4. The van der Waals surface area contributed by atoms with Crippen LogP contribution in [0.4, 0.5) is 5.69 Å². The topological polar surface area (TPSA) is 79.5 Å². The van der Waals surface area contributed by atoms with Gasteiger partial charge in [0.2, 0.25) is 5.91 Å². The molecule has 1 heterocycles. The van der Waals surface area contributed by atoms with Gasteiger partial charge >= 0.3 is 0 Å². The number of piperidine rings is 1. The monoisotopic (exact) mass is 345 g/mol. The number of carbonyl (C=O) groups is 2. The van der Waals surface area contributed by atoms with E-state index in [0.717, 1.165) is 38.8 Å². The van der Waals surface area contributed by atoms with Gasteiger partial charge in [-0.3, -0.25) is 9.59 Å². The molecule has 136 valence electrons. The maximum atomic E-state index is 12.5. The van der Waals surface area contributed by atoms with Crippen molar-refractivity contribution >= 4 is 17.5 Å². The Morgan fingerprint density at radius 1 is 1.28 bits per heavy atom. The fourth-order valence-corrected chi connectivity index (χ4v) is 3.33. The van der Waals surface area contributed by atoms with Crippen molar-refractivity contribution in [1.82, 2.24) is 10.6 Å². The van der Waals surface area contributed by atoms with E-state index in [2.05, 4.69) is 16.0 Å². The zero-order chi connectivity index (χ0) is 17.7. The van der Waals surface area contributed by atoms with Crippen LogP contribution in [0.2, 0.25) is 0 Å². The van der Waals surface area contributed by atoms with E-state index in [0.29, 0.717) is 24.4 Å². The highest BCUT2D eigenvalue weighted by atomic mass is 16.5. The molecule has 3 N–H and O–H groups in total. The molecule has 25 heavy (non-hydrogen) atoms. The molecular weight excluding hydrogens is 318 g/mol. The minimum Gasteiger partial charge on any atom is -0.384 e. The lowest BCUT2D eigenvalue weighted by atomic mass is 9.79. The first-order valence-electron chi connectivity index (χ1n) is 9.01. The first-order chi connectivity index (χ1) is 12.1. The average molecular weight is 345 g/mol. The minimum absolute atomic E-state index is 0.00649. The van der Waals surface area contributed by atoms with E-state index in [1.165, 1.54) is 0 Å². The fraction of sp³-hybridized carbons (Fsp3) is 0.579. The van der Waals surface area contributed by atoms with Crippen LogP contribution < -0.4 is 16.0 Å². The standard InChI is InChI=1S/C19H27N3O3/c1-25-13-19(7-9-20-10-8-19)12-21-17(23)15-3-2-4-16(11-15)22-18(24)14-5-6-14/h2-4,11,14,20H,5-10,12-13H2,1H3,(H,21,23)(H,22,24). The lowest BCUT2D eigenvalue weighted by Crippen LogP contribution is -2.47. The Bertz CT molecular complexity index is 617. The maximum absolute atomic E-state index is 12.5. The maximum Gasteiger partial charge on any atom is 0.251 e. The normalized spacial score (nSPS) is 19.2. The van der Waals surface area contributed by atoms with Gasteiger partial charge < -0.3 is 20.7 Å². The summed E-state index contributed by atoms with van der Waals surface area (Å²) in [5, 5.41) is 9.28. The average Bonchev–Trinajstić information content (AvgIpc) is 3.46. The molecule has 0 unspecified atom stereocenters. The van der Waals surface area contributed by atoms with Gasteiger partial charge in [0, 0.05) is 36.2 Å². The van der Waals surface area contributed by atoms with Crippen molar-refractivity contribution in [2.24, 2.45) is 11.3 Å². The van der Waals surface area contributed by atoms with Crippen molar-refractivity contribution in [3.63, 3.8) is 0 Å². The summed E-state index contributed by atoms with van der Waals surface area (Å²) in [7, 11) is 1.71. The van der Waals surface area contributed by atoms with Crippen molar-refractivity contribution in [3.8, 4) is 0 Å². The molecule has 1 aromatic carbocycles. The third-order valence-corrected chi connectivity index (χ3v) is 5.08. The molecular formula is C19H27N3O3. The van der Waals surface area contributed by atoms with Crippen LogP contribution in [0.3, 0.4) is 0 Å². The first-order valence-corrected chi connectivity index (χ1v) is 9.01. The van der Waals surface area contributed by atoms with Crippen molar-refractivity contribution in [1.29, 1.82) is 0 Å². The Morgan fingerprint density at radius 2 is 2.04 bits per heavy atom. The van der Waals surface area contributed by atoms with Crippen LogP contribution in [-0.2, 0) is 9.53 Å². The molecule has 2 fully saturated rings. The van der Waals surface area contributed by atoms with Crippen molar-refractivity contribution < 1.29 is 14.3 Å². The number of amides is 2. The third-order valence-electron chi connectivity index (χ3n) is 5.08. The highest BCUT2D eigenvalue weighted by Gasteiger charge is 2.32. The number of nitrogens with one attached hydrogen (secondary N) is 3. The molecule has 2 amide bonds. The van der Waals surface area contributed by atoms with Crippen LogP contribution in [0.1, 0.15) is 36.0 Å². The Hall–Kier alpha value is -1.92. The van der Waals surface area contributed by atoms with Crippen molar-refractivity contribution in [2.45, 2.75) is 25.7 Å². The molecule has 2 aliphatic rings. The molecule has 3 rings (SSSR count). The Balaban J connectivity index is 1.59. The zero-order valence-corrected chi connectivity index (χ0v) is 14.8. The van der Waals surface area contributed by atoms with Gasteiger partial charge in [-0.2, -0.15) is 0 Å². The summed E-state index contributed by atoms with van der Waals surface area (Å²) in [6.07, 6.45) is 3.89. The molecule has 0 aromatic heterocycles. The second-order valence-corrected chi connectivity index (χ2v) is 7.21. The predicted molar refractivity (Wildman–Crippen MR) is 96.5 cm³/mol. The van der Waals surface area contributed by atoms with Crippen LogP contribution >= 0.6 is 0 Å². The zero-order valence-electron chi connectivity index (χ0n) is 14.8. The van der Waals surface area contributed by atoms with Gasteiger partial charge in [0.25, 0.3) is 5.91 Å². The van der Waals surface area contributed by atoms with Gasteiger partial charge in [0.05, 0.1) is 6.61 Å². The lowest BCUT2D eigenvalue weighted by Gasteiger charge is -2.37. The van der Waals surface area contributed by atoms with Gasteiger partial charge in [0.1, 0.15) is 0 Å². The van der Waals surface area contributed by atoms with Gasteiger partial charge in [-0.05, 0) is 57.0 Å². The van der Waals surface area contributed by atoms with Gasteiger partial charge in [-0.15, -0.1) is 0 Å². The van der Waals surface area contributed by atoms with E-state index < -0.39 is 0 Å². The van der Waals surface area contributed by atoms with E-state index in [1.807, 2.05) is 6.07 Å². The van der Waals surface area contributed by atoms with E-state index >= 15 is 0 Å². The molecule has 1 aliphatic carbocycles. The van der Waals surface area contributed by atoms with Crippen LogP contribution in [0.25, 0.3) is 0 Å². The highest BCUT2D eigenvalue weighted by molar-refractivity contribution is 5.98. The number of benzene rings is 1. The largest absolute Gasteiger partial charge is 0.384 e. The molecule has 0 radical (unpaired) electrons. The molecule has 0 atom stereocenters. The summed E-state index contributed by atoms with van der Waals surface area (Å²) in [5.41, 5.74) is 1.24. The van der Waals surface area contributed by atoms with Crippen LogP contribution in [0.5, 0.6) is 0 Å². The Kier molecular flexibility index (Phi) is 5.71. The number of carbonyl (C=O) groups excluding carboxylic acids is 2. The molecule has 6 heteroatoms. The number of ether oxygens (including phenoxy) is 1. The van der Waals surface area contributed by atoms with Crippen LogP contribution in [0, 0.1) is 11.3 Å². The number of hydrogen-bond acceptors (Lipinski definition) is 4. The number of rotatable bonds is 7. The summed E-state index contributed by atoms with van der Waals surface area (Å²) in [5.74, 6) is 0.0779. The van der Waals surface area contributed by atoms with E-state index in [4.69, 9.17) is 4.74 Å². The molecule has 1 aliphatic heterocycles. The minimum atomic E-state index is -0.114. The number of methoxy groups -OCH3 is 1. The highest BCUT2D eigenvalue weighted by Crippen LogP contribution is 2.30. The fourth-order valence-electron chi connectivity index (χ4n) is 3.33. The number of hydrogen-bond donors (Lipinski definition) is 3.